The molecule has 8 heteroatoms. The first kappa shape index (κ1) is 19.2. The molecule has 2 fully saturated rings. The summed E-state index contributed by atoms with van der Waals surface area (Å²) in [6, 6.07) is 10.6. The van der Waals surface area contributed by atoms with Gasteiger partial charge in [-0.1, -0.05) is 17.4 Å². The number of hydrogen-bond acceptors (Lipinski definition) is 6. The first-order valence-corrected chi connectivity index (χ1v) is 11.2. The Labute approximate surface area is 178 Å². The molecular weight excluding hydrogens is 401 g/mol. The molecule has 0 saturated carbocycles. The van der Waals surface area contributed by atoms with Gasteiger partial charge in [0.1, 0.15) is 11.6 Å². The smallest absolute Gasteiger partial charge is 0.225 e. The van der Waals surface area contributed by atoms with Crippen molar-refractivity contribution >= 4 is 38.4 Å². The van der Waals surface area contributed by atoms with E-state index in [2.05, 4.69) is 19.8 Å². The average molecular weight is 426 g/mol. The van der Waals surface area contributed by atoms with Gasteiger partial charge in [-0.3, -0.25) is 4.79 Å². The van der Waals surface area contributed by atoms with Crippen molar-refractivity contribution in [3.8, 4) is 0 Å². The molecule has 1 aromatic carbocycles. The fourth-order valence-electron chi connectivity index (χ4n) is 4.29. The molecule has 4 heterocycles. The number of thiazole rings is 1. The molecule has 0 N–H and O–H groups in total. The molecule has 2 aromatic heterocycles. The molecule has 0 aliphatic carbocycles. The standard InChI is InChI=1S/C22H24FN5OS/c23-17-4-5-18-19(15-17)30-22(25-18)28-9-6-16(7-10-28)21(29)27-13-11-26(12-14-27)20-3-1-2-8-24-20/h1-5,8,15-16H,6-7,9-14H2. The maximum absolute atomic E-state index is 13.4. The lowest BCUT2D eigenvalue weighted by Crippen LogP contribution is -2.51. The monoisotopic (exact) mass is 425 g/mol. The first-order valence-electron chi connectivity index (χ1n) is 10.4. The van der Waals surface area contributed by atoms with Crippen molar-refractivity contribution in [1.29, 1.82) is 0 Å². The van der Waals surface area contributed by atoms with E-state index >= 15 is 0 Å². The Hall–Kier alpha value is -2.74. The van der Waals surface area contributed by atoms with Crippen molar-refractivity contribution in [2.45, 2.75) is 12.8 Å². The van der Waals surface area contributed by atoms with Gasteiger partial charge in [-0.25, -0.2) is 14.4 Å². The molecule has 6 nitrogen and oxygen atoms in total. The van der Waals surface area contributed by atoms with E-state index in [1.807, 2.05) is 29.3 Å². The molecule has 30 heavy (non-hydrogen) atoms. The molecule has 0 unspecified atom stereocenters. The summed E-state index contributed by atoms with van der Waals surface area (Å²) in [4.78, 5) is 28.6. The number of nitrogens with zero attached hydrogens (tertiary/aromatic N) is 5. The van der Waals surface area contributed by atoms with Crippen LogP contribution in [-0.4, -0.2) is 60.0 Å². The minimum Gasteiger partial charge on any atom is -0.353 e. The Balaban J connectivity index is 1.16. The second kappa shape index (κ2) is 8.18. The number of rotatable bonds is 3. The van der Waals surface area contributed by atoms with Crippen molar-refractivity contribution in [2.24, 2.45) is 5.92 Å². The fourth-order valence-corrected chi connectivity index (χ4v) is 5.34. The van der Waals surface area contributed by atoms with Gasteiger partial charge in [0.05, 0.1) is 10.2 Å². The number of halogens is 1. The SMILES string of the molecule is O=C(C1CCN(c2nc3ccc(F)cc3s2)CC1)N1CCN(c2ccccn2)CC1. The van der Waals surface area contributed by atoms with Gasteiger partial charge in [0.15, 0.2) is 5.13 Å². The van der Waals surface area contributed by atoms with Crippen LogP contribution in [0.2, 0.25) is 0 Å². The second-order valence-corrected chi connectivity index (χ2v) is 8.88. The molecular formula is C22H24FN5OS. The van der Waals surface area contributed by atoms with Crippen molar-refractivity contribution in [3.63, 3.8) is 0 Å². The topological polar surface area (TPSA) is 52.6 Å². The third-order valence-electron chi connectivity index (χ3n) is 6.02. The van der Waals surface area contributed by atoms with Crippen LogP contribution in [0.5, 0.6) is 0 Å². The third kappa shape index (κ3) is 3.84. The molecule has 5 rings (SSSR count). The molecule has 2 aliphatic heterocycles. The van der Waals surface area contributed by atoms with Crippen LogP contribution in [0.25, 0.3) is 10.2 Å². The lowest BCUT2D eigenvalue weighted by molar-refractivity contribution is -0.136. The Bertz CT molecular complexity index is 1030. The number of anilines is 2. The number of piperazine rings is 1. The van der Waals surface area contributed by atoms with Crippen molar-refractivity contribution in [2.75, 3.05) is 49.1 Å². The maximum atomic E-state index is 13.4. The molecule has 2 aliphatic rings. The number of fused-ring (bicyclic) bond motifs is 1. The van der Waals surface area contributed by atoms with Gasteiger partial charge < -0.3 is 14.7 Å². The van der Waals surface area contributed by atoms with Crippen LogP contribution in [0, 0.1) is 11.7 Å². The Morgan fingerprint density at radius 2 is 1.80 bits per heavy atom. The van der Waals surface area contributed by atoms with Gasteiger partial charge >= 0.3 is 0 Å². The highest BCUT2D eigenvalue weighted by molar-refractivity contribution is 7.22. The zero-order valence-corrected chi connectivity index (χ0v) is 17.5. The van der Waals surface area contributed by atoms with E-state index in [4.69, 9.17) is 0 Å². The molecule has 0 spiro atoms. The van der Waals surface area contributed by atoms with Crippen LogP contribution in [0.1, 0.15) is 12.8 Å². The Kier molecular flexibility index (Phi) is 5.25. The number of pyridine rings is 1. The molecule has 156 valence electrons. The third-order valence-corrected chi connectivity index (χ3v) is 7.10. The average Bonchev–Trinajstić information content (AvgIpc) is 3.23. The van der Waals surface area contributed by atoms with Crippen LogP contribution < -0.4 is 9.80 Å². The van der Waals surface area contributed by atoms with E-state index in [9.17, 15) is 9.18 Å². The molecule has 1 amide bonds. The summed E-state index contributed by atoms with van der Waals surface area (Å²) in [5, 5.41) is 0.922. The normalized spacial score (nSPS) is 18.2. The van der Waals surface area contributed by atoms with E-state index in [1.54, 1.807) is 6.07 Å². The number of hydrogen-bond donors (Lipinski definition) is 0. The zero-order valence-electron chi connectivity index (χ0n) is 16.7. The van der Waals surface area contributed by atoms with E-state index < -0.39 is 0 Å². The summed E-state index contributed by atoms with van der Waals surface area (Å²) in [7, 11) is 0. The highest BCUT2D eigenvalue weighted by Gasteiger charge is 2.31. The summed E-state index contributed by atoms with van der Waals surface area (Å²) >= 11 is 1.52. The van der Waals surface area contributed by atoms with Crippen LogP contribution in [0.3, 0.4) is 0 Å². The van der Waals surface area contributed by atoms with E-state index in [1.165, 1.54) is 23.5 Å². The van der Waals surface area contributed by atoms with Gasteiger partial charge in [0, 0.05) is 51.4 Å². The lowest BCUT2D eigenvalue weighted by Gasteiger charge is -2.39. The summed E-state index contributed by atoms with van der Waals surface area (Å²) in [6.07, 6.45) is 3.48. The number of aromatic nitrogens is 2. The van der Waals surface area contributed by atoms with E-state index in [-0.39, 0.29) is 17.6 Å². The van der Waals surface area contributed by atoms with E-state index in [0.29, 0.717) is 0 Å². The predicted molar refractivity (Wildman–Crippen MR) is 118 cm³/mol. The highest BCUT2D eigenvalue weighted by atomic mass is 32.1. The molecule has 0 radical (unpaired) electrons. The van der Waals surface area contributed by atoms with Gasteiger partial charge in [-0.15, -0.1) is 0 Å². The number of benzene rings is 1. The summed E-state index contributed by atoms with van der Waals surface area (Å²) < 4.78 is 14.3. The van der Waals surface area contributed by atoms with Crippen molar-refractivity contribution in [1.82, 2.24) is 14.9 Å². The quantitative estimate of drug-likeness (QED) is 0.644. The summed E-state index contributed by atoms with van der Waals surface area (Å²) in [5.41, 5.74) is 0.834. The minimum atomic E-state index is -0.231. The van der Waals surface area contributed by atoms with Gasteiger partial charge in [0.25, 0.3) is 0 Å². The number of carbonyl (C=O) groups excluding carboxylic acids is 1. The highest BCUT2D eigenvalue weighted by Crippen LogP contribution is 2.32. The Morgan fingerprint density at radius 1 is 1.00 bits per heavy atom. The maximum Gasteiger partial charge on any atom is 0.225 e. The minimum absolute atomic E-state index is 0.0782. The van der Waals surface area contributed by atoms with Crippen molar-refractivity contribution in [3.05, 3.63) is 48.4 Å². The largest absolute Gasteiger partial charge is 0.353 e. The fraction of sp³-hybridized carbons (Fsp3) is 0.409. The molecule has 2 saturated heterocycles. The molecule has 3 aromatic rings. The number of amides is 1. The van der Waals surface area contributed by atoms with Crippen LogP contribution in [0.15, 0.2) is 42.6 Å². The summed E-state index contributed by atoms with van der Waals surface area (Å²) in [6.45, 7) is 4.77. The van der Waals surface area contributed by atoms with Crippen LogP contribution >= 0.6 is 11.3 Å². The predicted octanol–water partition coefficient (Wildman–Crippen LogP) is 3.40. The van der Waals surface area contributed by atoms with Gasteiger partial charge in [-0.05, 0) is 43.2 Å². The van der Waals surface area contributed by atoms with Gasteiger partial charge in [-0.2, -0.15) is 0 Å². The summed E-state index contributed by atoms with van der Waals surface area (Å²) in [5.74, 6) is 1.11. The number of piperidine rings is 1. The van der Waals surface area contributed by atoms with Crippen molar-refractivity contribution < 1.29 is 9.18 Å². The Morgan fingerprint density at radius 3 is 2.53 bits per heavy atom. The number of carbonyl (C=O) groups is 1. The first-order chi connectivity index (χ1) is 14.7. The second-order valence-electron chi connectivity index (χ2n) is 7.87. The van der Waals surface area contributed by atoms with Crippen LogP contribution in [-0.2, 0) is 4.79 Å². The molecule has 0 bridgehead atoms. The van der Waals surface area contributed by atoms with E-state index in [0.717, 1.165) is 73.3 Å². The van der Waals surface area contributed by atoms with Crippen LogP contribution in [0.4, 0.5) is 15.3 Å². The molecule has 0 atom stereocenters. The lowest BCUT2D eigenvalue weighted by atomic mass is 9.95. The zero-order chi connectivity index (χ0) is 20.5. The van der Waals surface area contributed by atoms with Gasteiger partial charge in [0.2, 0.25) is 5.91 Å².